The lowest BCUT2D eigenvalue weighted by molar-refractivity contribution is -0.0563. The molecule has 0 unspecified atom stereocenters. The van der Waals surface area contributed by atoms with Crippen LogP contribution in [0.1, 0.15) is 51.4 Å². The standard InChI is InChI=1S/C18H30N2O3S/c21-17(19-3-1-13-11-24(22,23)12-13)20-4-2-18-8-14-5-15(9-18)7-16(6-14)10-18/h13-16H,1-12H2,(H2,19,20,21). The predicted molar refractivity (Wildman–Crippen MR) is 93.4 cm³/mol. The second-order valence-electron chi connectivity index (χ2n) is 9.08. The number of rotatable bonds is 6. The van der Waals surface area contributed by atoms with Crippen molar-refractivity contribution in [2.24, 2.45) is 29.1 Å². The molecular weight excluding hydrogens is 324 g/mol. The van der Waals surface area contributed by atoms with E-state index in [2.05, 4.69) is 10.6 Å². The van der Waals surface area contributed by atoms with Crippen LogP contribution in [0.4, 0.5) is 4.79 Å². The molecule has 136 valence electrons. The molecule has 1 aliphatic heterocycles. The molecule has 0 aromatic rings. The van der Waals surface area contributed by atoms with Crippen molar-refractivity contribution in [2.45, 2.75) is 51.4 Å². The van der Waals surface area contributed by atoms with Gasteiger partial charge >= 0.3 is 6.03 Å². The number of carbonyl (C=O) groups is 1. The van der Waals surface area contributed by atoms with E-state index in [1.807, 2.05) is 0 Å². The van der Waals surface area contributed by atoms with Crippen molar-refractivity contribution in [1.82, 2.24) is 10.6 Å². The van der Waals surface area contributed by atoms with Crippen molar-refractivity contribution in [3.05, 3.63) is 0 Å². The smallest absolute Gasteiger partial charge is 0.314 e. The lowest BCUT2D eigenvalue weighted by Gasteiger charge is -2.57. The third-order valence-electron chi connectivity index (χ3n) is 6.92. The van der Waals surface area contributed by atoms with Gasteiger partial charge in [0.05, 0.1) is 11.5 Å². The van der Waals surface area contributed by atoms with Crippen LogP contribution < -0.4 is 10.6 Å². The first-order valence-electron chi connectivity index (χ1n) is 9.64. The zero-order chi connectivity index (χ0) is 16.8. The van der Waals surface area contributed by atoms with E-state index in [4.69, 9.17) is 0 Å². The number of amides is 2. The fourth-order valence-electron chi connectivity index (χ4n) is 6.33. The van der Waals surface area contributed by atoms with Gasteiger partial charge in [0.25, 0.3) is 0 Å². The maximum atomic E-state index is 11.9. The van der Waals surface area contributed by atoms with Gasteiger partial charge in [0, 0.05) is 13.1 Å². The van der Waals surface area contributed by atoms with Gasteiger partial charge in [-0.25, -0.2) is 13.2 Å². The number of sulfone groups is 1. The molecule has 5 rings (SSSR count). The van der Waals surface area contributed by atoms with Crippen LogP contribution in [0, 0.1) is 29.1 Å². The highest BCUT2D eigenvalue weighted by Crippen LogP contribution is 2.61. The molecule has 0 aromatic carbocycles. The van der Waals surface area contributed by atoms with Gasteiger partial charge in [-0.15, -0.1) is 0 Å². The lowest BCUT2D eigenvalue weighted by atomic mass is 9.49. The Kier molecular flexibility index (Phi) is 4.30. The van der Waals surface area contributed by atoms with Crippen molar-refractivity contribution in [3.63, 3.8) is 0 Å². The Bertz CT molecular complexity index is 554. The van der Waals surface area contributed by atoms with Gasteiger partial charge in [-0.3, -0.25) is 0 Å². The monoisotopic (exact) mass is 354 g/mol. The molecule has 2 amide bonds. The van der Waals surface area contributed by atoms with Crippen LogP contribution in [0.5, 0.6) is 0 Å². The van der Waals surface area contributed by atoms with Crippen molar-refractivity contribution < 1.29 is 13.2 Å². The first kappa shape index (κ1) is 16.7. The van der Waals surface area contributed by atoms with Gasteiger partial charge in [0.1, 0.15) is 0 Å². The van der Waals surface area contributed by atoms with E-state index in [1.165, 1.54) is 38.5 Å². The van der Waals surface area contributed by atoms with Crippen LogP contribution in [0.2, 0.25) is 0 Å². The third-order valence-corrected chi connectivity index (χ3v) is 8.88. The van der Waals surface area contributed by atoms with Gasteiger partial charge < -0.3 is 10.6 Å². The number of nitrogens with one attached hydrogen (secondary N) is 2. The third kappa shape index (κ3) is 3.58. The quantitative estimate of drug-likeness (QED) is 0.769. The number of hydrogen-bond acceptors (Lipinski definition) is 3. The summed E-state index contributed by atoms with van der Waals surface area (Å²) in [6.45, 7) is 1.35. The maximum absolute atomic E-state index is 11.9. The van der Waals surface area contributed by atoms with Crippen LogP contribution in [0.25, 0.3) is 0 Å². The molecule has 4 saturated carbocycles. The Labute approximate surface area is 145 Å². The lowest BCUT2D eigenvalue weighted by Crippen LogP contribution is -2.48. The minimum Gasteiger partial charge on any atom is -0.338 e. The molecule has 5 nitrogen and oxygen atoms in total. The molecule has 5 aliphatic rings. The minimum absolute atomic E-state index is 0.0955. The summed E-state index contributed by atoms with van der Waals surface area (Å²) in [7, 11) is -2.75. The Balaban J connectivity index is 1.13. The first-order chi connectivity index (χ1) is 11.4. The van der Waals surface area contributed by atoms with Gasteiger partial charge in [-0.2, -0.15) is 0 Å². The average molecular weight is 355 g/mol. The van der Waals surface area contributed by atoms with Crippen LogP contribution in [-0.4, -0.2) is 39.0 Å². The summed E-state index contributed by atoms with van der Waals surface area (Å²) in [4.78, 5) is 11.9. The van der Waals surface area contributed by atoms with Crippen molar-refractivity contribution in [1.29, 1.82) is 0 Å². The summed E-state index contributed by atoms with van der Waals surface area (Å²) in [5.74, 6) is 3.71. The van der Waals surface area contributed by atoms with Crippen LogP contribution in [0.3, 0.4) is 0 Å². The van der Waals surface area contributed by atoms with Gasteiger partial charge in [0.15, 0.2) is 9.84 Å². The van der Waals surface area contributed by atoms with E-state index in [-0.39, 0.29) is 11.9 Å². The van der Waals surface area contributed by atoms with E-state index >= 15 is 0 Å². The SMILES string of the molecule is O=C(NCCC1CS(=O)(=O)C1)NCCC12CC3CC(CC(C3)C1)C2. The average Bonchev–Trinajstić information content (AvgIpc) is 2.43. The van der Waals surface area contributed by atoms with Crippen molar-refractivity contribution >= 4 is 15.9 Å². The number of hydrogen-bond donors (Lipinski definition) is 2. The molecule has 6 heteroatoms. The minimum atomic E-state index is -2.75. The molecule has 0 spiro atoms. The molecule has 24 heavy (non-hydrogen) atoms. The predicted octanol–water partition coefficient (Wildman–Crippen LogP) is 2.33. The van der Waals surface area contributed by atoms with E-state index < -0.39 is 9.84 Å². The molecule has 0 radical (unpaired) electrons. The van der Waals surface area contributed by atoms with Crippen molar-refractivity contribution in [2.75, 3.05) is 24.6 Å². The molecule has 4 aliphatic carbocycles. The van der Waals surface area contributed by atoms with Gasteiger partial charge in [0.2, 0.25) is 0 Å². The first-order valence-corrected chi connectivity index (χ1v) is 11.5. The fraction of sp³-hybridized carbons (Fsp3) is 0.944. The van der Waals surface area contributed by atoms with Gasteiger partial charge in [-0.05, 0) is 80.5 Å². The summed E-state index contributed by atoms with van der Waals surface area (Å²) < 4.78 is 22.2. The molecule has 0 atom stereocenters. The number of urea groups is 1. The molecule has 1 saturated heterocycles. The van der Waals surface area contributed by atoms with Crippen LogP contribution >= 0.6 is 0 Å². The Hall–Kier alpha value is -0.780. The normalized spacial score (nSPS) is 39.4. The highest BCUT2D eigenvalue weighted by molar-refractivity contribution is 7.92. The Morgan fingerprint density at radius 2 is 1.46 bits per heavy atom. The zero-order valence-electron chi connectivity index (χ0n) is 14.4. The van der Waals surface area contributed by atoms with E-state index in [0.29, 0.717) is 23.5 Å². The summed E-state index contributed by atoms with van der Waals surface area (Å²) >= 11 is 0. The summed E-state index contributed by atoms with van der Waals surface area (Å²) in [6.07, 6.45) is 10.4. The molecule has 5 fully saturated rings. The van der Waals surface area contributed by atoms with Crippen LogP contribution in [0.15, 0.2) is 0 Å². The molecule has 2 N–H and O–H groups in total. The van der Waals surface area contributed by atoms with Crippen LogP contribution in [-0.2, 0) is 9.84 Å². The second-order valence-corrected chi connectivity index (χ2v) is 11.2. The second kappa shape index (κ2) is 6.19. The Morgan fingerprint density at radius 1 is 0.917 bits per heavy atom. The Morgan fingerprint density at radius 3 is 2.00 bits per heavy atom. The maximum Gasteiger partial charge on any atom is 0.314 e. The largest absolute Gasteiger partial charge is 0.338 e. The summed E-state index contributed by atoms with van der Waals surface area (Å²) in [5.41, 5.74) is 0.516. The highest BCUT2D eigenvalue weighted by atomic mass is 32.2. The topological polar surface area (TPSA) is 75.3 Å². The van der Waals surface area contributed by atoms with E-state index in [9.17, 15) is 13.2 Å². The fourth-order valence-corrected chi connectivity index (χ4v) is 8.00. The summed E-state index contributed by atoms with van der Waals surface area (Å²) in [6, 6.07) is -0.0955. The molecule has 4 bridgehead atoms. The molecule has 0 aromatic heterocycles. The summed E-state index contributed by atoms with van der Waals surface area (Å²) in [5, 5.41) is 5.89. The molecule has 1 heterocycles. The highest BCUT2D eigenvalue weighted by Gasteiger charge is 2.50. The van der Waals surface area contributed by atoms with E-state index in [0.717, 1.165) is 37.1 Å². The van der Waals surface area contributed by atoms with E-state index in [1.54, 1.807) is 0 Å². The zero-order valence-corrected chi connectivity index (χ0v) is 15.2. The molecular formula is C18H30N2O3S. The van der Waals surface area contributed by atoms with Crippen molar-refractivity contribution in [3.8, 4) is 0 Å². The number of carbonyl (C=O) groups excluding carboxylic acids is 1. The van der Waals surface area contributed by atoms with Gasteiger partial charge in [-0.1, -0.05) is 0 Å².